The van der Waals surface area contributed by atoms with Gasteiger partial charge in [-0.25, -0.2) is 4.79 Å². The van der Waals surface area contributed by atoms with Gasteiger partial charge in [0.05, 0.1) is 12.8 Å². The first-order chi connectivity index (χ1) is 8.08. The van der Waals surface area contributed by atoms with Crippen LogP contribution in [0, 0.1) is 0 Å². The Balaban J connectivity index is 2.87. The number of carbonyl (C=O) groups excluding carboxylic acids is 1. The van der Waals surface area contributed by atoms with Gasteiger partial charge >= 0.3 is 6.09 Å². The Labute approximate surface area is 104 Å². The molecule has 1 rings (SSSR count). The molecule has 1 amide bonds. The average Bonchev–Trinajstić information content (AvgIpc) is 2.36. The lowest BCUT2D eigenvalue weighted by molar-refractivity contribution is 0.170. The third-order valence-corrected chi connectivity index (χ3v) is 2.59. The summed E-state index contributed by atoms with van der Waals surface area (Å²) < 4.78 is 4.45. The fourth-order valence-electron chi connectivity index (χ4n) is 1.23. The van der Waals surface area contributed by atoms with E-state index < -0.39 is 6.09 Å². The number of rotatable bonds is 3. The van der Waals surface area contributed by atoms with Crippen LogP contribution < -0.4 is 5.32 Å². The molecule has 17 heavy (non-hydrogen) atoms. The van der Waals surface area contributed by atoms with Crippen LogP contribution in [0.1, 0.15) is 18.1 Å². The van der Waals surface area contributed by atoms with Crippen LogP contribution in [0.5, 0.6) is 0 Å². The van der Waals surface area contributed by atoms with Crippen molar-refractivity contribution in [2.45, 2.75) is 13.5 Å². The fraction of sp³-hybridized carbons (Fsp3) is 0.273. The molecule has 5 nitrogen and oxygen atoms in total. The van der Waals surface area contributed by atoms with Gasteiger partial charge in [-0.1, -0.05) is 22.8 Å². The van der Waals surface area contributed by atoms with E-state index in [1.54, 1.807) is 25.1 Å². The van der Waals surface area contributed by atoms with E-state index in [2.05, 4.69) is 15.2 Å². The van der Waals surface area contributed by atoms with E-state index in [-0.39, 0.29) is 6.54 Å². The number of methoxy groups -OCH3 is 1. The van der Waals surface area contributed by atoms with Crippen LogP contribution >= 0.6 is 11.6 Å². The number of oxime groups is 1. The minimum atomic E-state index is -0.529. The molecule has 0 fully saturated rings. The monoisotopic (exact) mass is 256 g/mol. The second-order valence-corrected chi connectivity index (χ2v) is 3.74. The van der Waals surface area contributed by atoms with E-state index in [1.165, 1.54) is 7.11 Å². The van der Waals surface area contributed by atoms with Crippen LogP contribution in [0.3, 0.4) is 0 Å². The van der Waals surface area contributed by atoms with Gasteiger partial charge in [-0.15, -0.1) is 0 Å². The molecular formula is C11H13ClN2O3. The zero-order chi connectivity index (χ0) is 12.8. The zero-order valence-electron chi connectivity index (χ0n) is 9.53. The normalized spacial score (nSPS) is 11.1. The highest BCUT2D eigenvalue weighted by Crippen LogP contribution is 2.18. The molecule has 0 saturated carbocycles. The average molecular weight is 257 g/mol. The zero-order valence-corrected chi connectivity index (χ0v) is 10.3. The minimum absolute atomic E-state index is 0.248. The number of ether oxygens (including phenoxy) is 1. The van der Waals surface area contributed by atoms with E-state index in [0.29, 0.717) is 10.7 Å². The molecule has 0 aliphatic carbocycles. The summed E-state index contributed by atoms with van der Waals surface area (Å²) in [5.74, 6) is 0. The Morgan fingerprint density at radius 1 is 1.59 bits per heavy atom. The number of carbonyl (C=O) groups is 1. The molecule has 1 aromatic rings. The third kappa shape index (κ3) is 3.64. The van der Waals surface area contributed by atoms with Gasteiger partial charge in [0.2, 0.25) is 0 Å². The van der Waals surface area contributed by atoms with Gasteiger partial charge < -0.3 is 15.3 Å². The Bertz CT molecular complexity index is 446. The number of nitrogens with one attached hydrogen (secondary N) is 1. The minimum Gasteiger partial charge on any atom is -0.453 e. The number of hydrogen-bond donors (Lipinski definition) is 2. The van der Waals surface area contributed by atoms with Gasteiger partial charge in [0.15, 0.2) is 0 Å². The van der Waals surface area contributed by atoms with Crippen LogP contribution in [0.2, 0.25) is 5.02 Å². The van der Waals surface area contributed by atoms with Crippen molar-refractivity contribution in [1.29, 1.82) is 0 Å². The Morgan fingerprint density at radius 3 is 2.88 bits per heavy atom. The highest BCUT2D eigenvalue weighted by Gasteiger charge is 2.06. The van der Waals surface area contributed by atoms with Gasteiger partial charge in [-0.2, -0.15) is 0 Å². The van der Waals surface area contributed by atoms with Crippen LogP contribution in [-0.2, 0) is 11.3 Å². The Hall–Kier alpha value is -1.75. The molecule has 0 aromatic heterocycles. The second kappa shape index (κ2) is 6.10. The molecule has 0 aliphatic rings. The number of nitrogens with zero attached hydrogens (tertiary/aromatic N) is 1. The van der Waals surface area contributed by atoms with Gasteiger partial charge in [-0.3, -0.25) is 0 Å². The first kappa shape index (κ1) is 13.3. The van der Waals surface area contributed by atoms with E-state index in [9.17, 15) is 4.79 Å². The van der Waals surface area contributed by atoms with Crippen molar-refractivity contribution in [1.82, 2.24) is 5.32 Å². The molecule has 1 aromatic carbocycles. The van der Waals surface area contributed by atoms with E-state index in [1.807, 2.05) is 0 Å². The molecule has 0 bridgehead atoms. The maximum atomic E-state index is 10.9. The maximum Gasteiger partial charge on any atom is 0.407 e. The fourth-order valence-corrected chi connectivity index (χ4v) is 1.42. The lowest BCUT2D eigenvalue weighted by Crippen LogP contribution is -2.22. The summed E-state index contributed by atoms with van der Waals surface area (Å²) >= 11 is 5.98. The highest BCUT2D eigenvalue weighted by molar-refractivity contribution is 6.31. The largest absolute Gasteiger partial charge is 0.453 e. The summed E-state index contributed by atoms with van der Waals surface area (Å²) in [5, 5.41) is 14.8. The summed E-state index contributed by atoms with van der Waals surface area (Å²) in [6, 6.07) is 5.16. The van der Waals surface area contributed by atoms with E-state index >= 15 is 0 Å². The SMILES string of the molecule is COC(=O)NCc1cc(/C(C)=N/O)ccc1Cl. The van der Waals surface area contributed by atoms with Crippen molar-refractivity contribution in [2.75, 3.05) is 7.11 Å². The summed E-state index contributed by atoms with van der Waals surface area (Å²) in [4.78, 5) is 10.9. The van der Waals surface area contributed by atoms with Crippen molar-refractivity contribution in [3.05, 3.63) is 34.3 Å². The number of halogens is 1. The first-order valence-corrected chi connectivity index (χ1v) is 5.25. The molecule has 6 heteroatoms. The predicted octanol–water partition coefficient (Wildman–Crippen LogP) is 2.39. The molecule has 0 aliphatic heterocycles. The lowest BCUT2D eigenvalue weighted by atomic mass is 10.1. The number of amides is 1. The molecular weight excluding hydrogens is 244 g/mol. The van der Waals surface area contributed by atoms with Crippen LogP contribution in [-0.4, -0.2) is 24.1 Å². The van der Waals surface area contributed by atoms with E-state index in [4.69, 9.17) is 16.8 Å². The molecule has 0 heterocycles. The van der Waals surface area contributed by atoms with Gasteiger partial charge in [0.1, 0.15) is 0 Å². The Morgan fingerprint density at radius 2 is 2.29 bits per heavy atom. The highest BCUT2D eigenvalue weighted by atomic mass is 35.5. The molecule has 0 atom stereocenters. The third-order valence-electron chi connectivity index (χ3n) is 2.22. The van der Waals surface area contributed by atoms with Gasteiger partial charge in [0, 0.05) is 11.6 Å². The molecule has 0 spiro atoms. The van der Waals surface area contributed by atoms with Crippen molar-refractivity contribution < 1.29 is 14.7 Å². The molecule has 0 radical (unpaired) electrons. The summed E-state index contributed by atoms with van der Waals surface area (Å²) in [7, 11) is 1.29. The molecule has 0 unspecified atom stereocenters. The smallest absolute Gasteiger partial charge is 0.407 e. The van der Waals surface area contributed by atoms with Crippen molar-refractivity contribution in [3.8, 4) is 0 Å². The lowest BCUT2D eigenvalue weighted by Gasteiger charge is -2.08. The Kier molecular flexibility index (Phi) is 4.78. The number of hydrogen-bond acceptors (Lipinski definition) is 4. The standard InChI is InChI=1S/C11H13ClN2O3/c1-7(14-16)8-3-4-10(12)9(5-8)6-13-11(15)17-2/h3-5,16H,6H2,1-2H3,(H,13,15)/b14-7+. The predicted molar refractivity (Wildman–Crippen MR) is 64.7 cm³/mol. The van der Waals surface area contributed by atoms with Crippen molar-refractivity contribution >= 4 is 23.4 Å². The quantitative estimate of drug-likeness (QED) is 0.496. The summed E-state index contributed by atoms with van der Waals surface area (Å²) in [5.41, 5.74) is 1.93. The van der Waals surface area contributed by atoms with Crippen LogP contribution in [0.4, 0.5) is 4.79 Å². The first-order valence-electron chi connectivity index (χ1n) is 4.87. The molecule has 0 saturated heterocycles. The topological polar surface area (TPSA) is 70.9 Å². The van der Waals surface area contributed by atoms with Crippen molar-refractivity contribution in [3.63, 3.8) is 0 Å². The molecule has 2 N–H and O–H groups in total. The number of benzene rings is 1. The second-order valence-electron chi connectivity index (χ2n) is 3.34. The van der Waals surface area contributed by atoms with E-state index in [0.717, 1.165) is 11.1 Å². The van der Waals surface area contributed by atoms with Gasteiger partial charge in [-0.05, 0) is 30.2 Å². The summed E-state index contributed by atoms with van der Waals surface area (Å²) in [6.07, 6.45) is -0.529. The van der Waals surface area contributed by atoms with Crippen LogP contribution in [0.15, 0.2) is 23.4 Å². The van der Waals surface area contributed by atoms with Gasteiger partial charge in [0.25, 0.3) is 0 Å². The number of alkyl carbamates (subject to hydrolysis) is 1. The summed E-state index contributed by atoms with van der Waals surface area (Å²) in [6.45, 7) is 1.92. The van der Waals surface area contributed by atoms with Crippen LogP contribution in [0.25, 0.3) is 0 Å². The maximum absolute atomic E-state index is 10.9. The van der Waals surface area contributed by atoms with Crippen molar-refractivity contribution in [2.24, 2.45) is 5.16 Å². The molecule has 92 valence electrons.